The maximum Gasteiger partial charge on any atom is 0.141 e. The van der Waals surface area contributed by atoms with E-state index in [1.807, 2.05) is 6.07 Å². The standard InChI is InChI=1S/C10H9BrN2O/c11-7-3-6(5-12)10-8(4-7)9(13)1-2-14-10/h3-4,9H,1-2,13H2/t9-/m1/s1. The summed E-state index contributed by atoms with van der Waals surface area (Å²) in [4.78, 5) is 0. The molecule has 1 aliphatic heterocycles. The number of halogens is 1. The molecule has 14 heavy (non-hydrogen) atoms. The Morgan fingerprint density at radius 3 is 3.07 bits per heavy atom. The summed E-state index contributed by atoms with van der Waals surface area (Å²) in [7, 11) is 0. The topological polar surface area (TPSA) is 59.0 Å². The quantitative estimate of drug-likeness (QED) is 0.770. The van der Waals surface area contributed by atoms with Crippen molar-refractivity contribution in [3.8, 4) is 11.8 Å². The third-order valence-electron chi connectivity index (χ3n) is 2.28. The molecule has 1 aliphatic rings. The van der Waals surface area contributed by atoms with Gasteiger partial charge in [-0.3, -0.25) is 0 Å². The minimum absolute atomic E-state index is 0.0247. The molecule has 3 nitrogen and oxygen atoms in total. The van der Waals surface area contributed by atoms with E-state index in [1.165, 1.54) is 0 Å². The molecule has 0 saturated heterocycles. The van der Waals surface area contributed by atoms with Crippen molar-refractivity contribution >= 4 is 15.9 Å². The first kappa shape index (κ1) is 9.50. The summed E-state index contributed by atoms with van der Waals surface area (Å²) in [5.41, 5.74) is 7.39. The van der Waals surface area contributed by atoms with Crippen LogP contribution in [-0.2, 0) is 0 Å². The van der Waals surface area contributed by atoms with Crippen LogP contribution in [0.4, 0.5) is 0 Å². The SMILES string of the molecule is N#Cc1cc(Br)cc2c1OCC[C@H]2N. The third-order valence-corrected chi connectivity index (χ3v) is 2.74. The molecule has 0 aliphatic carbocycles. The third kappa shape index (κ3) is 1.49. The van der Waals surface area contributed by atoms with Crippen molar-refractivity contribution in [1.82, 2.24) is 0 Å². The molecule has 0 bridgehead atoms. The van der Waals surface area contributed by atoms with Gasteiger partial charge in [0.15, 0.2) is 0 Å². The minimum atomic E-state index is -0.0247. The van der Waals surface area contributed by atoms with Crippen molar-refractivity contribution in [3.63, 3.8) is 0 Å². The summed E-state index contributed by atoms with van der Waals surface area (Å²) in [6.07, 6.45) is 0.800. The van der Waals surface area contributed by atoms with Gasteiger partial charge >= 0.3 is 0 Å². The predicted octanol–water partition coefficient (Wildman–Crippen LogP) is 2.10. The molecule has 2 N–H and O–H groups in total. The Morgan fingerprint density at radius 1 is 1.57 bits per heavy atom. The predicted molar refractivity (Wildman–Crippen MR) is 55.9 cm³/mol. The average Bonchev–Trinajstić information content (AvgIpc) is 2.18. The highest BCUT2D eigenvalue weighted by molar-refractivity contribution is 9.10. The Bertz CT molecular complexity index is 411. The summed E-state index contributed by atoms with van der Waals surface area (Å²) in [6, 6.07) is 5.74. The van der Waals surface area contributed by atoms with E-state index in [4.69, 9.17) is 15.7 Å². The van der Waals surface area contributed by atoms with Crippen LogP contribution in [0.15, 0.2) is 16.6 Å². The lowest BCUT2D eigenvalue weighted by molar-refractivity contribution is 0.268. The molecule has 4 heteroatoms. The van der Waals surface area contributed by atoms with E-state index in [0.29, 0.717) is 17.9 Å². The van der Waals surface area contributed by atoms with E-state index < -0.39 is 0 Å². The summed E-state index contributed by atoms with van der Waals surface area (Å²) in [5.74, 6) is 0.648. The molecule has 0 radical (unpaired) electrons. The molecule has 0 aromatic heterocycles. The lowest BCUT2D eigenvalue weighted by atomic mass is 9.99. The maximum absolute atomic E-state index is 8.91. The van der Waals surface area contributed by atoms with Gasteiger partial charge in [-0.05, 0) is 12.1 Å². The molecular formula is C10H9BrN2O. The monoisotopic (exact) mass is 252 g/mol. The Morgan fingerprint density at radius 2 is 2.36 bits per heavy atom. The summed E-state index contributed by atoms with van der Waals surface area (Å²) >= 11 is 3.35. The molecule has 1 aromatic carbocycles. The molecule has 0 fully saturated rings. The van der Waals surface area contributed by atoms with Crippen molar-refractivity contribution in [1.29, 1.82) is 5.26 Å². The van der Waals surface area contributed by atoms with Crippen molar-refractivity contribution < 1.29 is 4.74 Å². The van der Waals surface area contributed by atoms with Gasteiger partial charge < -0.3 is 10.5 Å². The second kappa shape index (κ2) is 3.60. The minimum Gasteiger partial charge on any atom is -0.492 e. The number of rotatable bonds is 0. The molecule has 0 saturated carbocycles. The van der Waals surface area contributed by atoms with E-state index in [-0.39, 0.29) is 6.04 Å². The van der Waals surface area contributed by atoms with Crippen LogP contribution in [0.5, 0.6) is 5.75 Å². The highest BCUT2D eigenvalue weighted by Crippen LogP contribution is 2.35. The first-order valence-corrected chi connectivity index (χ1v) is 5.13. The Hall–Kier alpha value is -1.05. The van der Waals surface area contributed by atoms with Gasteiger partial charge in [0, 0.05) is 22.5 Å². The Balaban J connectivity index is 2.62. The fourth-order valence-electron chi connectivity index (χ4n) is 1.58. The lowest BCUT2D eigenvalue weighted by Crippen LogP contribution is -2.21. The fraction of sp³-hybridized carbons (Fsp3) is 0.300. The second-order valence-corrected chi connectivity index (χ2v) is 4.14. The molecule has 0 spiro atoms. The van der Waals surface area contributed by atoms with Gasteiger partial charge in [-0.2, -0.15) is 5.26 Å². The smallest absolute Gasteiger partial charge is 0.141 e. The normalized spacial score (nSPS) is 19.4. The molecule has 1 aromatic rings. The van der Waals surface area contributed by atoms with Crippen molar-refractivity contribution in [2.75, 3.05) is 6.61 Å². The van der Waals surface area contributed by atoms with E-state index >= 15 is 0 Å². The van der Waals surface area contributed by atoms with Gasteiger partial charge in [-0.25, -0.2) is 0 Å². The Labute approximate surface area is 90.6 Å². The number of benzene rings is 1. The van der Waals surface area contributed by atoms with Gasteiger partial charge in [0.1, 0.15) is 11.8 Å². The summed E-state index contributed by atoms with van der Waals surface area (Å²) in [6.45, 7) is 0.588. The zero-order chi connectivity index (χ0) is 10.1. The van der Waals surface area contributed by atoms with Crippen molar-refractivity contribution in [3.05, 3.63) is 27.7 Å². The first-order chi connectivity index (χ1) is 6.72. The molecule has 2 rings (SSSR count). The summed E-state index contributed by atoms with van der Waals surface area (Å²) < 4.78 is 6.32. The van der Waals surface area contributed by atoms with Crippen LogP contribution in [-0.4, -0.2) is 6.61 Å². The van der Waals surface area contributed by atoms with Gasteiger partial charge in [0.2, 0.25) is 0 Å². The van der Waals surface area contributed by atoms with E-state index in [0.717, 1.165) is 16.5 Å². The molecule has 1 heterocycles. The van der Waals surface area contributed by atoms with Gasteiger partial charge in [-0.1, -0.05) is 15.9 Å². The van der Waals surface area contributed by atoms with Crippen LogP contribution in [0.1, 0.15) is 23.6 Å². The van der Waals surface area contributed by atoms with Gasteiger partial charge in [-0.15, -0.1) is 0 Å². The number of fused-ring (bicyclic) bond motifs is 1. The molecule has 72 valence electrons. The van der Waals surface area contributed by atoms with Crippen LogP contribution in [0.25, 0.3) is 0 Å². The molecule has 1 atom stereocenters. The maximum atomic E-state index is 8.91. The number of hydrogen-bond donors (Lipinski definition) is 1. The number of hydrogen-bond acceptors (Lipinski definition) is 3. The van der Waals surface area contributed by atoms with E-state index in [9.17, 15) is 0 Å². The van der Waals surface area contributed by atoms with E-state index in [1.54, 1.807) is 6.07 Å². The zero-order valence-corrected chi connectivity index (χ0v) is 9.04. The lowest BCUT2D eigenvalue weighted by Gasteiger charge is -2.23. The van der Waals surface area contributed by atoms with Crippen LogP contribution < -0.4 is 10.5 Å². The van der Waals surface area contributed by atoms with Crippen LogP contribution in [0, 0.1) is 11.3 Å². The molecular weight excluding hydrogens is 244 g/mol. The summed E-state index contributed by atoms with van der Waals surface area (Å²) in [5, 5.41) is 8.91. The number of nitrogens with zero attached hydrogens (tertiary/aromatic N) is 1. The highest BCUT2D eigenvalue weighted by Gasteiger charge is 2.21. The van der Waals surface area contributed by atoms with Crippen LogP contribution in [0.2, 0.25) is 0 Å². The molecule has 0 unspecified atom stereocenters. The van der Waals surface area contributed by atoms with Crippen molar-refractivity contribution in [2.45, 2.75) is 12.5 Å². The van der Waals surface area contributed by atoms with E-state index in [2.05, 4.69) is 22.0 Å². The largest absolute Gasteiger partial charge is 0.492 e. The number of ether oxygens (including phenoxy) is 1. The molecule has 0 amide bonds. The number of nitrogens with two attached hydrogens (primary N) is 1. The first-order valence-electron chi connectivity index (χ1n) is 4.34. The number of nitriles is 1. The Kier molecular flexibility index (Phi) is 2.44. The zero-order valence-electron chi connectivity index (χ0n) is 7.46. The van der Waals surface area contributed by atoms with Crippen LogP contribution >= 0.6 is 15.9 Å². The van der Waals surface area contributed by atoms with Crippen molar-refractivity contribution in [2.24, 2.45) is 5.73 Å². The average molecular weight is 253 g/mol. The van der Waals surface area contributed by atoms with Gasteiger partial charge in [0.05, 0.1) is 12.2 Å². The van der Waals surface area contributed by atoms with Gasteiger partial charge in [0.25, 0.3) is 0 Å². The highest BCUT2D eigenvalue weighted by atomic mass is 79.9. The second-order valence-electron chi connectivity index (χ2n) is 3.23. The fourth-order valence-corrected chi connectivity index (χ4v) is 2.05. The van der Waals surface area contributed by atoms with Crippen LogP contribution in [0.3, 0.4) is 0 Å².